The van der Waals surface area contributed by atoms with Crippen molar-refractivity contribution in [3.05, 3.63) is 88.8 Å². The Morgan fingerprint density at radius 2 is 1.81 bits per heavy atom. The van der Waals surface area contributed by atoms with E-state index in [0.29, 0.717) is 22.7 Å². The molecule has 3 aromatic carbocycles. The highest BCUT2D eigenvalue weighted by atomic mass is 35.5. The number of aryl methyl sites for hydroxylation is 1. The van der Waals surface area contributed by atoms with E-state index in [1.165, 1.54) is 12.1 Å². The van der Waals surface area contributed by atoms with Crippen LogP contribution in [0.3, 0.4) is 0 Å². The maximum Gasteiger partial charge on any atom is 0.258 e. The lowest BCUT2D eigenvalue weighted by molar-refractivity contribution is 0.102. The van der Waals surface area contributed by atoms with Gasteiger partial charge in [0.25, 0.3) is 5.91 Å². The molecule has 2 aromatic heterocycles. The Labute approximate surface area is 181 Å². The number of aromatic nitrogens is 4. The van der Waals surface area contributed by atoms with Gasteiger partial charge in [0.05, 0.1) is 11.3 Å². The van der Waals surface area contributed by atoms with Crippen LogP contribution in [0.2, 0.25) is 5.02 Å². The normalized spacial score (nSPS) is 11.2. The number of carbonyl (C=O) groups is 1. The summed E-state index contributed by atoms with van der Waals surface area (Å²) in [4.78, 5) is 12.5. The SMILES string of the molecule is Cc1nn2c(-c3cccc(NC(=O)c4ccc(Cl)cc4F)c3)nnc2c2ccccc12. The number of rotatable bonds is 3. The molecule has 152 valence electrons. The standard InChI is InChI=1S/C23H15ClFN5O/c1-13-17-7-2-3-8-18(17)22-28-27-21(30(22)29-13)14-5-4-6-16(11-14)26-23(31)19-10-9-15(24)12-20(19)25/h2-12H,1H3,(H,26,31). The minimum absolute atomic E-state index is 0.0912. The van der Waals surface area contributed by atoms with Crippen molar-refractivity contribution in [2.75, 3.05) is 5.32 Å². The average molecular weight is 432 g/mol. The topological polar surface area (TPSA) is 72.2 Å². The Hall–Kier alpha value is -3.84. The third kappa shape index (κ3) is 3.39. The van der Waals surface area contributed by atoms with Crippen LogP contribution < -0.4 is 5.32 Å². The Kier molecular flexibility index (Phi) is 4.60. The van der Waals surface area contributed by atoms with Crippen molar-refractivity contribution >= 4 is 39.6 Å². The number of carbonyl (C=O) groups excluding carboxylic acids is 1. The third-order valence-electron chi connectivity index (χ3n) is 5.00. The molecule has 0 aliphatic rings. The van der Waals surface area contributed by atoms with E-state index in [1.807, 2.05) is 37.3 Å². The van der Waals surface area contributed by atoms with Crippen LogP contribution >= 0.6 is 11.6 Å². The minimum Gasteiger partial charge on any atom is -0.322 e. The quantitative estimate of drug-likeness (QED) is 0.421. The molecule has 5 rings (SSSR count). The molecule has 0 saturated heterocycles. The molecule has 0 spiro atoms. The van der Waals surface area contributed by atoms with Gasteiger partial charge in [-0.1, -0.05) is 48.0 Å². The number of nitrogens with zero attached hydrogens (tertiary/aromatic N) is 4. The molecule has 8 heteroatoms. The first kappa shape index (κ1) is 19.1. The molecule has 0 bridgehead atoms. The van der Waals surface area contributed by atoms with Crippen LogP contribution in [0.15, 0.2) is 66.7 Å². The van der Waals surface area contributed by atoms with Gasteiger partial charge >= 0.3 is 0 Å². The van der Waals surface area contributed by atoms with Crippen molar-refractivity contribution in [3.63, 3.8) is 0 Å². The summed E-state index contributed by atoms with van der Waals surface area (Å²) >= 11 is 5.76. The van der Waals surface area contributed by atoms with Gasteiger partial charge in [-0.05, 0) is 37.3 Å². The molecular weight excluding hydrogens is 417 g/mol. The molecule has 0 aliphatic heterocycles. The highest BCUT2D eigenvalue weighted by molar-refractivity contribution is 6.30. The Balaban J connectivity index is 1.53. The van der Waals surface area contributed by atoms with Gasteiger partial charge in [0.2, 0.25) is 0 Å². The number of amides is 1. The minimum atomic E-state index is -0.684. The number of fused-ring (bicyclic) bond motifs is 3. The van der Waals surface area contributed by atoms with Crippen molar-refractivity contribution in [1.29, 1.82) is 0 Å². The molecule has 2 heterocycles. The number of halogens is 2. The van der Waals surface area contributed by atoms with E-state index < -0.39 is 11.7 Å². The van der Waals surface area contributed by atoms with Crippen LogP contribution in [-0.2, 0) is 0 Å². The van der Waals surface area contributed by atoms with Gasteiger partial charge in [0, 0.05) is 27.0 Å². The van der Waals surface area contributed by atoms with Crippen molar-refractivity contribution in [2.24, 2.45) is 0 Å². The van der Waals surface area contributed by atoms with E-state index in [-0.39, 0.29) is 10.6 Å². The molecule has 1 amide bonds. The second-order valence-corrected chi connectivity index (χ2v) is 7.49. The predicted molar refractivity (Wildman–Crippen MR) is 118 cm³/mol. The average Bonchev–Trinajstić information content (AvgIpc) is 3.18. The van der Waals surface area contributed by atoms with E-state index >= 15 is 0 Å². The highest BCUT2D eigenvalue weighted by Crippen LogP contribution is 2.26. The zero-order valence-electron chi connectivity index (χ0n) is 16.3. The lowest BCUT2D eigenvalue weighted by Gasteiger charge is -2.08. The molecule has 0 unspecified atom stereocenters. The van der Waals surface area contributed by atoms with Crippen LogP contribution in [0.25, 0.3) is 27.8 Å². The summed E-state index contributed by atoms with van der Waals surface area (Å²) in [7, 11) is 0. The van der Waals surface area contributed by atoms with Crippen LogP contribution in [0.1, 0.15) is 16.1 Å². The molecule has 0 atom stereocenters. The Bertz CT molecular complexity index is 1480. The summed E-state index contributed by atoms with van der Waals surface area (Å²) in [5, 5.41) is 18.2. The largest absolute Gasteiger partial charge is 0.322 e. The second kappa shape index (κ2) is 7.45. The Morgan fingerprint density at radius 1 is 1.00 bits per heavy atom. The second-order valence-electron chi connectivity index (χ2n) is 7.05. The van der Waals surface area contributed by atoms with E-state index in [1.54, 1.807) is 22.7 Å². The van der Waals surface area contributed by atoms with Crippen LogP contribution in [0.5, 0.6) is 0 Å². The number of benzene rings is 3. The molecule has 0 fully saturated rings. The van der Waals surface area contributed by atoms with E-state index in [9.17, 15) is 9.18 Å². The van der Waals surface area contributed by atoms with Crippen molar-refractivity contribution < 1.29 is 9.18 Å². The van der Waals surface area contributed by atoms with Crippen LogP contribution in [0, 0.1) is 12.7 Å². The summed E-state index contributed by atoms with van der Waals surface area (Å²) in [5.74, 6) is -0.717. The fourth-order valence-corrected chi connectivity index (χ4v) is 3.69. The lowest BCUT2D eigenvalue weighted by Crippen LogP contribution is -2.13. The fourth-order valence-electron chi connectivity index (χ4n) is 3.53. The Morgan fingerprint density at radius 3 is 2.61 bits per heavy atom. The van der Waals surface area contributed by atoms with E-state index in [2.05, 4.69) is 20.6 Å². The summed E-state index contributed by atoms with van der Waals surface area (Å²) < 4.78 is 15.8. The van der Waals surface area contributed by atoms with Crippen molar-refractivity contribution in [3.8, 4) is 11.4 Å². The maximum atomic E-state index is 14.1. The molecule has 5 aromatic rings. The number of anilines is 1. The number of hydrogen-bond donors (Lipinski definition) is 1. The molecule has 6 nitrogen and oxygen atoms in total. The first-order valence-electron chi connectivity index (χ1n) is 9.49. The van der Waals surface area contributed by atoms with Crippen LogP contribution in [-0.4, -0.2) is 25.7 Å². The molecule has 0 aliphatic carbocycles. The molecular formula is C23H15ClFN5O. The zero-order valence-corrected chi connectivity index (χ0v) is 17.1. The number of hydrogen-bond acceptors (Lipinski definition) is 4. The van der Waals surface area contributed by atoms with Gasteiger partial charge in [-0.25, -0.2) is 4.39 Å². The summed E-state index contributed by atoms with van der Waals surface area (Å²) in [6, 6.07) is 18.9. The molecule has 0 radical (unpaired) electrons. The number of nitrogens with one attached hydrogen (secondary N) is 1. The highest BCUT2D eigenvalue weighted by Gasteiger charge is 2.16. The fraction of sp³-hybridized carbons (Fsp3) is 0.0435. The van der Waals surface area contributed by atoms with Crippen molar-refractivity contribution in [1.82, 2.24) is 19.8 Å². The maximum absolute atomic E-state index is 14.1. The zero-order chi connectivity index (χ0) is 21.5. The van der Waals surface area contributed by atoms with Crippen LogP contribution in [0.4, 0.5) is 10.1 Å². The smallest absolute Gasteiger partial charge is 0.258 e. The molecule has 0 saturated carbocycles. The van der Waals surface area contributed by atoms with E-state index in [0.717, 1.165) is 22.5 Å². The van der Waals surface area contributed by atoms with Gasteiger partial charge in [-0.2, -0.15) is 9.61 Å². The molecule has 1 N–H and O–H groups in total. The third-order valence-corrected chi connectivity index (χ3v) is 5.24. The van der Waals surface area contributed by atoms with Gasteiger partial charge < -0.3 is 5.32 Å². The first-order chi connectivity index (χ1) is 15.0. The lowest BCUT2D eigenvalue weighted by atomic mass is 10.1. The monoisotopic (exact) mass is 431 g/mol. The summed E-state index contributed by atoms with van der Waals surface area (Å²) in [6.45, 7) is 1.93. The van der Waals surface area contributed by atoms with E-state index in [4.69, 9.17) is 11.6 Å². The first-order valence-corrected chi connectivity index (χ1v) is 9.86. The van der Waals surface area contributed by atoms with Gasteiger partial charge in [0.1, 0.15) is 5.82 Å². The summed E-state index contributed by atoms with van der Waals surface area (Å²) in [5.41, 5.74) is 2.61. The van der Waals surface area contributed by atoms with Crippen molar-refractivity contribution in [2.45, 2.75) is 6.92 Å². The van der Waals surface area contributed by atoms with Gasteiger partial charge in [0.15, 0.2) is 11.5 Å². The predicted octanol–water partition coefficient (Wildman–Crippen LogP) is 5.30. The molecule has 31 heavy (non-hydrogen) atoms. The summed E-state index contributed by atoms with van der Waals surface area (Å²) in [6.07, 6.45) is 0. The van der Waals surface area contributed by atoms with Gasteiger partial charge in [-0.15, -0.1) is 10.2 Å². The van der Waals surface area contributed by atoms with Gasteiger partial charge in [-0.3, -0.25) is 4.79 Å².